The fraction of sp³-hybridized carbons (Fsp3) is 0.280. The number of benzene rings is 1. The molecule has 0 aliphatic heterocycles. The van der Waals surface area contributed by atoms with Crippen molar-refractivity contribution in [2.45, 2.75) is 44.6 Å². The molecular formula is C25H26N6O2. The standard InChI is InChI=1S/C25H26N6O2/c1-15-10-11-27-22(12-15)30-25(33)18-4-2-16(3-5-18)20-14-31-21(23(26)29-20)13-28-24(31)17-6-8-19(32)9-7-17/h2-5,10-14,17,19,32H,6-9H2,1H3,(H2,26,29)(H,27,30,33)/t17-,19-. The number of nitrogen functional groups attached to an aromatic ring is 1. The molecule has 0 saturated heterocycles. The SMILES string of the molecule is Cc1ccnc(NC(=O)c2ccc(-c3cn4c(cnc4[C@H]4CC[C@H](O)CC4)c(N)n3)cc2)c1. The van der Waals surface area contributed by atoms with Gasteiger partial charge in [0.05, 0.1) is 18.0 Å². The number of nitrogens with zero attached hydrogens (tertiary/aromatic N) is 4. The van der Waals surface area contributed by atoms with Gasteiger partial charge in [0, 0.05) is 29.4 Å². The number of rotatable bonds is 4. The zero-order valence-corrected chi connectivity index (χ0v) is 18.4. The molecule has 0 radical (unpaired) electrons. The highest BCUT2D eigenvalue weighted by Crippen LogP contribution is 2.34. The normalized spacial score (nSPS) is 18.4. The number of pyridine rings is 1. The Balaban J connectivity index is 1.40. The summed E-state index contributed by atoms with van der Waals surface area (Å²) in [5.41, 5.74) is 10.2. The molecule has 168 valence electrons. The van der Waals surface area contributed by atoms with E-state index in [4.69, 9.17) is 5.73 Å². The van der Waals surface area contributed by atoms with Crippen molar-refractivity contribution in [1.82, 2.24) is 19.4 Å². The number of hydrogen-bond acceptors (Lipinski definition) is 6. The van der Waals surface area contributed by atoms with E-state index in [-0.39, 0.29) is 17.9 Å². The monoisotopic (exact) mass is 442 g/mol. The quantitative estimate of drug-likeness (QED) is 0.440. The van der Waals surface area contributed by atoms with Crippen LogP contribution in [0.5, 0.6) is 0 Å². The molecule has 4 aromatic rings. The van der Waals surface area contributed by atoms with Crippen molar-refractivity contribution in [2.75, 3.05) is 11.1 Å². The molecule has 33 heavy (non-hydrogen) atoms. The second kappa shape index (κ2) is 8.63. The largest absolute Gasteiger partial charge is 0.393 e. The summed E-state index contributed by atoms with van der Waals surface area (Å²) in [4.78, 5) is 26.0. The van der Waals surface area contributed by atoms with Gasteiger partial charge in [-0.05, 0) is 62.4 Å². The van der Waals surface area contributed by atoms with Crippen LogP contribution in [0.2, 0.25) is 0 Å². The Labute approximate surface area is 191 Å². The third kappa shape index (κ3) is 4.29. The number of nitrogens with one attached hydrogen (secondary N) is 1. The van der Waals surface area contributed by atoms with Gasteiger partial charge < -0.3 is 16.2 Å². The van der Waals surface area contributed by atoms with Crippen LogP contribution < -0.4 is 11.1 Å². The van der Waals surface area contributed by atoms with E-state index in [0.717, 1.165) is 48.2 Å². The number of aliphatic hydroxyl groups is 1. The van der Waals surface area contributed by atoms with Crippen molar-refractivity contribution in [1.29, 1.82) is 0 Å². The highest BCUT2D eigenvalue weighted by atomic mass is 16.3. The number of hydrogen-bond donors (Lipinski definition) is 3. The molecular weight excluding hydrogens is 416 g/mol. The van der Waals surface area contributed by atoms with Crippen LogP contribution in [0.15, 0.2) is 55.0 Å². The Bertz CT molecular complexity index is 1310. The lowest BCUT2D eigenvalue weighted by atomic mass is 9.87. The topological polar surface area (TPSA) is 118 Å². The number of amides is 1. The second-order valence-electron chi connectivity index (χ2n) is 8.64. The van der Waals surface area contributed by atoms with E-state index >= 15 is 0 Å². The van der Waals surface area contributed by atoms with Gasteiger partial charge in [-0.1, -0.05) is 12.1 Å². The van der Waals surface area contributed by atoms with Crippen molar-refractivity contribution in [2.24, 2.45) is 0 Å². The molecule has 0 atom stereocenters. The summed E-state index contributed by atoms with van der Waals surface area (Å²) in [6, 6.07) is 11.0. The summed E-state index contributed by atoms with van der Waals surface area (Å²) in [5, 5.41) is 12.7. The molecule has 1 fully saturated rings. The molecule has 1 saturated carbocycles. The first-order chi connectivity index (χ1) is 16.0. The van der Waals surface area contributed by atoms with Crippen LogP contribution in [0.3, 0.4) is 0 Å². The highest BCUT2D eigenvalue weighted by molar-refractivity contribution is 6.04. The van der Waals surface area contributed by atoms with Crippen molar-refractivity contribution in [3.05, 3.63) is 71.9 Å². The Hall–Kier alpha value is -3.78. The molecule has 3 heterocycles. The van der Waals surface area contributed by atoms with E-state index in [2.05, 4.69) is 20.3 Å². The summed E-state index contributed by atoms with van der Waals surface area (Å²) in [6.07, 6.45) is 8.54. The third-order valence-corrected chi connectivity index (χ3v) is 6.24. The summed E-state index contributed by atoms with van der Waals surface area (Å²) in [7, 11) is 0. The molecule has 1 aliphatic carbocycles. The summed E-state index contributed by atoms with van der Waals surface area (Å²) >= 11 is 0. The Morgan fingerprint density at radius 2 is 1.88 bits per heavy atom. The van der Waals surface area contributed by atoms with Gasteiger partial charge in [0.15, 0.2) is 0 Å². The highest BCUT2D eigenvalue weighted by Gasteiger charge is 2.25. The number of fused-ring (bicyclic) bond motifs is 1. The molecule has 8 nitrogen and oxygen atoms in total. The Kier molecular flexibility index (Phi) is 5.51. The van der Waals surface area contributed by atoms with E-state index in [1.54, 1.807) is 24.5 Å². The minimum absolute atomic E-state index is 0.216. The average Bonchev–Trinajstić information content (AvgIpc) is 3.24. The van der Waals surface area contributed by atoms with Gasteiger partial charge in [0.1, 0.15) is 23.0 Å². The van der Waals surface area contributed by atoms with Gasteiger partial charge in [0.25, 0.3) is 5.91 Å². The van der Waals surface area contributed by atoms with Crippen molar-refractivity contribution in [3.8, 4) is 11.3 Å². The zero-order valence-electron chi connectivity index (χ0n) is 18.4. The minimum atomic E-state index is -0.223. The lowest BCUT2D eigenvalue weighted by Gasteiger charge is -2.24. The molecule has 1 aliphatic rings. The van der Waals surface area contributed by atoms with Crippen molar-refractivity contribution >= 4 is 23.1 Å². The van der Waals surface area contributed by atoms with Crippen LogP contribution >= 0.6 is 0 Å². The third-order valence-electron chi connectivity index (χ3n) is 6.24. The zero-order chi connectivity index (χ0) is 22.9. The Morgan fingerprint density at radius 1 is 1.12 bits per heavy atom. The molecule has 0 bridgehead atoms. The minimum Gasteiger partial charge on any atom is -0.393 e. The first kappa shape index (κ1) is 21.1. The van der Waals surface area contributed by atoms with Gasteiger partial charge in [-0.3, -0.25) is 9.20 Å². The molecule has 0 spiro atoms. The van der Waals surface area contributed by atoms with Gasteiger partial charge >= 0.3 is 0 Å². The lowest BCUT2D eigenvalue weighted by Crippen LogP contribution is -2.18. The fourth-order valence-electron chi connectivity index (χ4n) is 4.40. The van der Waals surface area contributed by atoms with E-state index in [1.165, 1.54) is 0 Å². The number of aliphatic hydroxyl groups excluding tert-OH is 1. The molecule has 5 rings (SSSR count). The summed E-state index contributed by atoms with van der Waals surface area (Å²) < 4.78 is 2.02. The van der Waals surface area contributed by atoms with E-state index in [9.17, 15) is 9.90 Å². The molecule has 4 N–H and O–H groups in total. The van der Waals surface area contributed by atoms with Crippen LogP contribution in [0.1, 0.15) is 53.3 Å². The Morgan fingerprint density at radius 3 is 2.61 bits per heavy atom. The number of aromatic nitrogens is 4. The van der Waals surface area contributed by atoms with Crippen molar-refractivity contribution < 1.29 is 9.90 Å². The maximum atomic E-state index is 12.6. The maximum absolute atomic E-state index is 12.6. The van der Waals surface area contributed by atoms with Crippen LogP contribution in [-0.4, -0.2) is 36.5 Å². The fourth-order valence-corrected chi connectivity index (χ4v) is 4.40. The number of imidazole rings is 1. The van der Waals surface area contributed by atoms with E-state index in [1.807, 2.05) is 41.8 Å². The van der Waals surface area contributed by atoms with Crippen LogP contribution in [0.25, 0.3) is 16.8 Å². The molecule has 1 aromatic carbocycles. The number of carbonyl (C=O) groups is 1. The summed E-state index contributed by atoms with van der Waals surface area (Å²) in [6.45, 7) is 1.95. The van der Waals surface area contributed by atoms with Gasteiger partial charge in [-0.2, -0.15) is 0 Å². The molecule has 3 aromatic heterocycles. The number of aryl methyl sites for hydroxylation is 1. The first-order valence-corrected chi connectivity index (χ1v) is 11.1. The number of carbonyl (C=O) groups excluding carboxylic acids is 1. The van der Waals surface area contributed by atoms with Crippen LogP contribution in [0, 0.1) is 6.92 Å². The number of nitrogens with two attached hydrogens (primary N) is 1. The van der Waals surface area contributed by atoms with Crippen LogP contribution in [-0.2, 0) is 0 Å². The van der Waals surface area contributed by atoms with E-state index < -0.39 is 0 Å². The smallest absolute Gasteiger partial charge is 0.256 e. The lowest BCUT2D eigenvalue weighted by molar-refractivity contribution is 0.102. The second-order valence-corrected chi connectivity index (χ2v) is 8.64. The summed E-state index contributed by atoms with van der Waals surface area (Å²) in [5.74, 6) is 1.95. The first-order valence-electron chi connectivity index (χ1n) is 11.1. The number of anilines is 2. The molecule has 1 amide bonds. The predicted octanol–water partition coefficient (Wildman–Crippen LogP) is 3.95. The van der Waals surface area contributed by atoms with Gasteiger partial charge in [-0.15, -0.1) is 0 Å². The molecule has 8 heteroatoms. The average molecular weight is 443 g/mol. The molecule has 0 unspecified atom stereocenters. The van der Waals surface area contributed by atoms with Crippen molar-refractivity contribution in [3.63, 3.8) is 0 Å². The predicted molar refractivity (Wildman–Crippen MR) is 127 cm³/mol. The maximum Gasteiger partial charge on any atom is 0.256 e. The van der Waals surface area contributed by atoms with Gasteiger partial charge in [0.2, 0.25) is 0 Å². The van der Waals surface area contributed by atoms with Crippen LogP contribution in [0.4, 0.5) is 11.6 Å². The van der Waals surface area contributed by atoms with Gasteiger partial charge in [-0.25, -0.2) is 15.0 Å². The van der Waals surface area contributed by atoms with E-state index in [0.29, 0.717) is 22.9 Å².